The third-order valence-corrected chi connectivity index (χ3v) is 6.69. The van der Waals surface area contributed by atoms with Crippen LogP contribution in [0.5, 0.6) is 0 Å². The molecule has 1 amide bonds. The summed E-state index contributed by atoms with van der Waals surface area (Å²) in [5.74, 6) is -0.00461. The molecule has 2 N–H and O–H groups in total. The Labute approximate surface area is 242 Å². The molecule has 0 bridgehead atoms. The van der Waals surface area contributed by atoms with E-state index in [1.807, 2.05) is 54.6 Å². The standard InChI is InChI=1S/C29H25FN3O3.Na.H2O/c1-19(20-6-4-3-5-7-20)36-28(35)32-27-25(17-31-33(27)2)22-10-13-24(26(30)16-22)21-8-11-23(12-9-21)29(18-34)14-15-29;;/h3-13,16-17,19H,14-15H2,1-2H3,(H,32,35);;1H2/q-1;+1;/p-1/t19-;;/m1../s1. The first-order chi connectivity index (χ1) is 17.4. The fourth-order valence-corrected chi connectivity index (χ4v) is 4.34. The summed E-state index contributed by atoms with van der Waals surface area (Å²) in [6, 6.07) is 21.7. The largest absolute Gasteiger partial charge is 1.00 e. The second kappa shape index (κ2) is 12.0. The van der Waals surface area contributed by atoms with Gasteiger partial charge >= 0.3 is 35.7 Å². The summed E-state index contributed by atoms with van der Waals surface area (Å²) in [4.78, 5) is 23.8. The van der Waals surface area contributed by atoms with E-state index in [0.29, 0.717) is 28.1 Å². The van der Waals surface area contributed by atoms with Crippen molar-refractivity contribution in [2.24, 2.45) is 7.05 Å². The van der Waals surface area contributed by atoms with Crippen molar-refractivity contribution >= 4 is 18.2 Å². The molecule has 5 rings (SSSR count). The maximum Gasteiger partial charge on any atom is 1.00 e. The number of aromatic nitrogens is 2. The molecule has 0 saturated heterocycles. The molecule has 1 aliphatic rings. The molecule has 1 fully saturated rings. The van der Waals surface area contributed by atoms with E-state index in [0.717, 1.165) is 24.0 Å². The van der Waals surface area contributed by atoms with Crippen molar-refractivity contribution in [3.8, 4) is 22.3 Å². The van der Waals surface area contributed by atoms with Crippen LogP contribution in [0.15, 0.2) is 79.0 Å². The Bertz CT molecular complexity index is 1420. The first-order valence-corrected chi connectivity index (χ1v) is 11.7. The molecule has 3 aromatic carbocycles. The second-order valence-corrected chi connectivity index (χ2v) is 9.07. The topological polar surface area (TPSA) is 103 Å². The Hall–Kier alpha value is -3.30. The molecule has 38 heavy (non-hydrogen) atoms. The summed E-state index contributed by atoms with van der Waals surface area (Å²) in [5, 5.41) is 6.97. The summed E-state index contributed by atoms with van der Waals surface area (Å²) >= 11 is 0. The summed E-state index contributed by atoms with van der Waals surface area (Å²) in [6.45, 7) is 1.79. The number of hydrogen-bond donors (Lipinski definition) is 1. The van der Waals surface area contributed by atoms with Crippen molar-refractivity contribution in [3.63, 3.8) is 0 Å². The zero-order valence-corrected chi connectivity index (χ0v) is 23.4. The van der Waals surface area contributed by atoms with Crippen LogP contribution >= 0.6 is 0 Å². The third kappa shape index (κ3) is 5.89. The number of nitrogens with one attached hydrogen (secondary N) is 1. The van der Waals surface area contributed by atoms with E-state index in [9.17, 15) is 9.59 Å². The number of anilines is 1. The molecule has 1 aliphatic carbocycles. The summed E-state index contributed by atoms with van der Waals surface area (Å²) in [5.41, 5.74) is 3.61. The number of benzene rings is 3. The van der Waals surface area contributed by atoms with Crippen molar-refractivity contribution in [2.45, 2.75) is 31.3 Å². The van der Waals surface area contributed by atoms with Crippen LogP contribution < -0.4 is 34.9 Å². The predicted molar refractivity (Wildman–Crippen MR) is 138 cm³/mol. The molecule has 7 nitrogen and oxygen atoms in total. The Morgan fingerprint density at radius 2 is 1.71 bits per heavy atom. The Balaban J connectivity index is 0.00000200. The normalized spacial score (nSPS) is 13.9. The van der Waals surface area contributed by atoms with Gasteiger partial charge in [-0.15, -0.1) is 5.41 Å². The van der Waals surface area contributed by atoms with Gasteiger partial charge in [-0.25, -0.2) is 9.18 Å². The van der Waals surface area contributed by atoms with E-state index >= 15 is 4.39 Å². The molecule has 190 valence electrons. The average Bonchev–Trinajstić information content (AvgIpc) is 3.62. The van der Waals surface area contributed by atoms with Crippen LogP contribution in [0.3, 0.4) is 0 Å². The van der Waals surface area contributed by atoms with Crippen LogP contribution in [0.1, 0.15) is 37.0 Å². The molecular formula is C29H26FN3NaO4-. The zero-order chi connectivity index (χ0) is 25.3. The fourth-order valence-electron chi connectivity index (χ4n) is 4.34. The summed E-state index contributed by atoms with van der Waals surface area (Å²) < 4.78 is 22.2. The van der Waals surface area contributed by atoms with Gasteiger partial charge < -0.3 is 15.0 Å². The van der Waals surface area contributed by atoms with Crippen molar-refractivity contribution in [3.05, 3.63) is 95.9 Å². The number of ether oxygens (including phenoxy) is 1. The van der Waals surface area contributed by atoms with Crippen LogP contribution in [0.25, 0.3) is 22.3 Å². The molecule has 1 heterocycles. The van der Waals surface area contributed by atoms with Gasteiger partial charge in [0.05, 0.1) is 6.20 Å². The Morgan fingerprint density at radius 3 is 2.32 bits per heavy atom. The number of nitrogens with zero attached hydrogens (tertiary/aromatic N) is 2. The van der Waals surface area contributed by atoms with Crippen LogP contribution in [0.2, 0.25) is 0 Å². The smallest absolute Gasteiger partial charge is 0.870 e. The quantitative estimate of drug-likeness (QED) is 0.297. The van der Waals surface area contributed by atoms with Crippen molar-refractivity contribution in [1.82, 2.24) is 9.78 Å². The molecule has 0 radical (unpaired) electrons. The van der Waals surface area contributed by atoms with E-state index in [4.69, 9.17) is 4.74 Å². The first kappa shape index (κ1) is 29.3. The monoisotopic (exact) mass is 522 g/mol. The van der Waals surface area contributed by atoms with Gasteiger partial charge in [0.1, 0.15) is 17.7 Å². The molecule has 0 aliphatic heterocycles. The van der Waals surface area contributed by atoms with Gasteiger partial charge in [0.15, 0.2) is 0 Å². The van der Waals surface area contributed by atoms with Crippen LogP contribution in [0, 0.1) is 5.82 Å². The minimum Gasteiger partial charge on any atom is -0.870 e. The van der Waals surface area contributed by atoms with E-state index in [-0.39, 0.29) is 35.0 Å². The molecule has 9 heteroatoms. The number of hydrogen-bond acceptors (Lipinski definition) is 5. The number of carbonyl (C=O) groups excluding carboxylic acids is 2. The van der Waals surface area contributed by atoms with Gasteiger partial charge in [0.2, 0.25) is 0 Å². The number of amides is 1. The Kier molecular flexibility index (Phi) is 9.27. The number of aryl methyl sites for hydroxylation is 1. The molecule has 0 spiro atoms. The number of rotatable bonds is 7. The summed E-state index contributed by atoms with van der Waals surface area (Å²) in [6.07, 6.45) is 4.25. The minimum absolute atomic E-state index is 0. The minimum atomic E-state index is -0.630. The van der Waals surface area contributed by atoms with Crippen LogP contribution in [-0.4, -0.2) is 27.6 Å². The first-order valence-electron chi connectivity index (χ1n) is 11.7. The van der Waals surface area contributed by atoms with E-state index in [1.165, 1.54) is 10.7 Å². The second-order valence-electron chi connectivity index (χ2n) is 9.07. The van der Waals surface area contributed by atoms with E-state index in [1.54, 1.807) is 32.3 Å². The van der Waals surface area contributed by atoms with Crippen LogP contribution in [0.4, 0.5) is 15.0 Å². The van der Waals surface area contributed by atoms with E-state index < -0.39 is 23.4 Å². The molecule has 1 atom stereocenters. The molecule has 1 saturated carbocycles. The fraction of sp³-hybridized carbons (Fsp3) is 0.207. The van der Waals surface area contributed by atoms with Gasteiger partial charge in [-0.05, 0) is 29.7 Å². The number of carbonyl (C=O) groups is 1. The van der Waals surface area contributed by atoms with Gasteiger partial charge in [-0.3, -0.25) is 16.3 Å². The van der Waals surface area contributed by atoms with Crippen LogP contribution in [-0.2, 0) is 22.0 Å². The molecule has 0 unspecified atom stereocenters. The van der Waals surface area contributed by atoms with Gasteiger partial charge in [-0.1, -0.05) is 85.1 Å². The SMILES string of the molecule is C[C@@H](OC(=O)Nc1c(-c2ccc(-c3ccc(C4([C-]=O)CC4)cc3)c(F)c2)cnn1C)c1ccccc1.[Na+].[OH-]. The maximum atomic E-state index is 15.2. The molecule has 4 aromatic rings. The Morgan fingerprint density at radius 1 is 1.05 bits per heavy atom. The molecule has 1 aromatic heterocycles. The summed E-state index contributed by atoms with van der Waals surface area (Å²) in [7, 11) is 1.69. The number of halogens is 1. The van der Waals surface area contributed by atoms with Gasteiger partial charge in [0, 0.05) is 18.2 Å². The van der Waals surface area contributed by atoms with Gasteiger partial charge in [0.25, 0.3) is 0 Å². The van der Waals surface area contributed by atoms with Crippen molar-refractivity contribution in [2.75, 3.05) is 5.32 Å². The predicted octanol–water partition coefficient (Wildman–Crippen LogP) is 3.17. The van der Waals surface area contributed by atoms with Crippen molar-refractivity contribution in [1.29, 1.82) is 0 Å². The maximum absolute atomic E-state index is 15.2. The third-order valence-electron chi connectivity index (χ3n) is 6.69. The average molecular weight is 523 g/mol. The van der Waals surface area contributed by atoms with E-state index in [2.05, 4.69) is 16.7 Å². The zero-order valence-electron chi connectivity index (χ0n) is 21.4. The molecular weight excluding hydrogens is 496 g/mol. The van der Waals surface area contributed by atoms with Gasteiger partial charge in [-0.2, -0.15) is 5.10 Å². The van der Waals surface area contributed by atoms with Crippen molar-refractivity contribution < 1.29 is 53.7 Å².